The number of likely N-dealkylation sites (N-methyl/N-ethyl adjacent to an activating group) is 1. The van der Waals surface area contributed by atoms with E-state index in [1.165, 1.54) is 23.8 Å². The molecule has 0 amide bonds. The van der Waals surface area contributed by atoms with Crippen LogP contribution < -0.4 is 5.32 Å². The SMILES string of the molecule is CCC1SCCSC1C(Cc1nccn1C)NC. The average Bonchev–Trinajstić information content (AvgIpc) is 2.81. The van der Waals surface area contributed by atoms with Gasteiger partial charge in [-0.05, 0) is 13.5 Å². The molecule has 0 aliphatic carbocycles. The molecule has 2 heterocycles. The Balaban J connectivity index is 2.05. The van der Waals surface area contributed by atoms with E-state index in [9.17, 15) is 0 Å². The number of thioether (sulfide) groups is 2. The lowest BCUT2D eigenvalue weighted by Gasteiger charge is -2.35. The monoisotopic (exact) mass is 285 g/mol. The van der Waals surface area contributed by atoms with Crippen LogP contribution in [0.15, 0.2) is 12.4 Å². The van der Waals surface area contributed by atoms with E-state index in [1.54, 1.807) is 0 Å². The molecule has 0 aromatic carbocycles. The zero-order valence-corrected chi connectivity index (χ0v) is 13.1. The van der Waals surface area contributed by atoms with Crippen LogP contribution in [0.5, 0.6) is 0 Å². The largest absolute Gasteiger partial charge is 0.338 e. The van der Waals surface area contributed by atoms with Gasteiger partial charge in [-0.2, -0.15) is 23.5 Å². The number of nitrogens with one attached hydrogen (secondary N) is 1. The highest BCUT2D eigenvalue weighted by atomic mass is 32.2. The van der Waals surface area contributed by atoms with E-state index in [4.69, 9.17) is 0 Å². The van der Waals surface area contributed by atoms with Crippen molar-refractivity contribution >= 4 is 23.5 Å². The van der Waals surface area contributed by atoms with E-state index in [0.29, 0.717) is 11.3 Å². The maximum Gasteiger partial charge on any atom is 0.109 e. The van der Waals surface area contributed by atoms with Crippen LogP contribution in [0.25, 0.3) is 0 Å². The Morgan fingerprint density at radius 1 is 1.50 bits per heavy atom. The molecule has 1 aromatic rings. The highest BCUT2D eigenvalue weighted by Gasteiger charge is 2.31. The van der Waals surface area contributed by atoms with Gasteiger partial charge in [0.25, 0.3) is 0 Å². The molecule has 1 aliphatic heterocycles. The second-order valence-electron chi connectivity index (χ2n) is 4.71. The summed E-state index contributed by atoms with van der Waals surface area (Å²) < 4.78 is 2.13. The molecule has 1 aromatic heterocycles. The van der Waals surface area contributed by atoms with Gasteiger partial charge in [-0.25, -0.2) is 4.98 Å². The van der Waals surface area contributed by atoms with Gasteiger partial charge in [-0.1, -0.05) is 6.92 Å². The molecule has 3 atom stereocenters. The lowest BCUT2D eigenvalue weighted by Crippen LogP contribution is -2.45. The van der Waals surface area contributed by atoms with Crippen molar-refractivity contribution in [2.75, 3.05) is 18.6 Å². The first-order chi connectivity index (χ1) is 8.76. The van der Waals surface area contributed by atoms with Crippen molar-refractivity contribution in [2.24, 2.45) is 7.05 Å². The summed E-state index contributed by atoms with van der Waals surface area (Å²) in [6, 6.07) is 0.522. The molecule has 3 nitrogen and oxygen atoms in total. The van der Waals surface area contributed by atoms with Crippen LogP contribution in [0.4, 0.5) is 0 Å². The molecule has 18 heavy (non-hydrogen) atoms. The van der Waals surface area contributed by atoms with Crippen LogP contribution in [0.2, 0.25) is 0 Å². The molecule has 0 radical (unpaired) electrons. The Bertz CT molecular complexity index is 367. The predicted molar refractivity (Wildman–Crippen MR) is 82.5 cm³/mol. The third kappa shape index (κ3) is 3.25. The number of hydrogen-bond donors (Lipinski definition) is 1. The summed E-state index contributed by atoms with van der Waals surface area (Å²) in [5.74, 6) is 3.77. The molecule has 1 saturated heterocycles. The molecule has 2 rings (SSSR count). The highest BCUT2D eigenvalue weighted by molar-refractivity contribution is 8.07. The summed E-state index contributed by atoms with van der Waals surface area (Å²) >= 11 is 4.28. The molecule has 1 aliphatic rings. The summed E-state index contributed by atoms with van der Waals surface area (Å²) in [5, 5.41) is 5.00. The van der Waals surface area contributed by atoms with E-state index in [0.717, 1.165) is 11.7 Å². The van der Waals surface area contributed by atoms with E-state index < -0.39 is 0 Å². The van der Waals surface area contributed by atoms with Crippen molar-refractivity contribution in [1.82, 2.24) is 14.9 Å². The fraction of sp³-hybridized carbons (Fsp3) is 0.769. The molecule has 102 valence electrons. The molecule has 0 spiro atoms. The summed E-state index contributed by atoms with van der Waals surface area (Å²) in [7, 11) is 4.16. The van der Waals surface area contributed by atoms with Crippen LogP contribution in [0.1, 0.15) is 19.2 Å². The summed E-state index contributed by atoms with van der Waals surface area (Å²) in [6.07, 6.45) is 6.21. The topological polar surface area (TPSA) is 29.9 Å². The third-order valence-corrected chi connectivity index (χ3v) is 6.99. The Morgan fingerprint density at radius 3 is 2.89 bits per heavy atom. The fourth-order valence-electron chi connectivity index (χ4n) is 2.48. The lowest BCUT2D eigenvalue weighted by atomic mass is 10.1. The van der Waals surface area contributed by atoms with Gasteiger partial charge < -0.3 is 9.88 Å². The third-order valence-electron chi connectivity index (χ3n) is 3.59. The maximum absolute atomic E-state index is 4.46. The molecule has 1 fully saturated rings. The first kappa shape index (κ1) is 14.3. The number of nitrogens with zero attached hydrogens (tertiary/aromatic N) is 2. The Kier molecular flexibility index (Phi) is 5.45. The molecule has 1 N–H and O–H groups in total. The van der Waals surface area contributed by atoms with E-state index in [2.05, 4.69) is 59.4 Å². The second-order valence-corrected chi connectivity index (χ2v) is 7.34. The van der Waals surface area contributed by atoms with E-state index in [1.807, 2.05) is 12.4 Å². The van der Waals surface area contributed by atoms with Gasteiger partial charge in [0.15, 0.2) is 0 Å². The molecule has 3 unspecified atom stereocenters. The molecule has 0 bridgehead atoms. The number of rotatable bonds is 5. The minimum atomic E-state index is 0.522. The van der Waals surface area contributed by atoms with Gasteiger partial charge in [0, 0.05) is 53.9 Å². The van der Waals surface area contributed by atoms with Gasteiger partial charge in [0.05, 0.1) is 0 Å². The lowest BCUT2D eigenvalue weighted by molar-refractivity contribution is 0.501. The Hall–Kier alpha value is -0.130. The van der Waals surface area contributed by atoms with Crippen LogP contribution in [-0.2, 0) is 13.5 Å². The predicted octanol–water partition coefficient (Wildman–Crippen LogP) is 2.18. The normalized spacial score (nSPS) is 26.2. The zero-order valence-electron chi connectivity index (χ0n) is 11.4. The van der Waals surface area contributed by atoms with Gasteiger partial charge in [0.2, 0.25) is 0 Å². The molecular weight excluding hydrogens is 262 g/mol. The quantitative estimate of drug-likeness (QED) is 0.898. The second kappa shape index (κ2) is 6.87. The van der Waals surface area contributed by atoms with Gasteiger partial charge in [-0.3, -0.25) is 0 Å². The summed E-state index contributed by atoms with van der Waals surface area (Å²) in [6.45, 7) is 2.31. The van der Waals surface area contributed by atoms with E-state index in [-0.39, 0.29) is 0 Å². The molecular formula is C13H23N3S2. The summed E-state index contributed by atoms with van der Waals surface area (Å²) in [5.41, 5.74) is 0. The van der Waals surface area contributed by atoms with Crippen LogP contribution in [0, 0.1) is 0 Å². The van der Waals surface area contributed by atoms with Crippen LogP contribution in [0.3, 0.4) is 0 Å². The number of aryl methyl sites for hydroxylation is 1. The van der Waals surface area contributed by atoms with Crippen molar-refractivity contribution in [3.05, 3.63) is 18.2 Å². The standard InChI is InChI=1S/C13H23N3S2/c1-4-11-13(18-8-7-17-11)10(14-2)9-12-15-5-6-16(12)3/h5-6,10-11,13-14H,4,7-9H2,1-3H3. The van der Waals surface area contributed by atoms with E-state index >= 15 is 0 Å². The number of aromatic nitrogens is 2. The van der Waals surface area contributed by atoms with Crippen LogP contribution in [-0.4, -0.2) is 44.6 Å². The van der Waals surface area contributed by atoms with Gasteiger partial charge >= 0.3 is 0 Å². The molecule has 0 saturated carbocycles. The van der Waals surface area contributed by atoms with Gasteiger partial charge in [0.1, 0.15) is 5.82 Å². The first-order valence-corrected chi connectivity index (χ1v) is 8.72. The van der Waals surface area contributed by atoms with Crippen molar-refractivity contribution in [1.29, 1.82) is 0 Å². The Morgan fingerprint density at radius 2 is 2.28 bits per heavy atom. The maximum atomic E-state index is 4.46. The minimum absolute atomic E-state index is 0.522. The van der Waals surface area contributed by atoms with Crippen molar-refractivity contribution < 1.29 is 0 Å². The fourth-order valence-corrected chi connectivity index (χ4v) is 5.79. The minimum Gasteiger partial charge on any atom is -0.338 e. The highest BCUT2D eigenvalue weighted by Crippen LogP contribution is 2.35. The first-order valence-electron chi connectivity index (χ1n) is 6.63. The average molecular weight is 285 g/mol. The number of imidazole rings is 1. The van der Waals surface area contributed by atoms with Crippen molar-refractivity contribution in [3.63, 3.8) is 0 Å². The van der Waals surface area contributed by atoms with Crippen molar-refractivity contribution in [2.45, 2.75) is 36.3 Å². The molecule has 5 heteroatoms. The Labute approximate surface area is 119 Å². The number of hydrogen-bond acceptors (Lipinski definition) is 4. The van der Waals surface area contributed by atoms with Crippen LogP contribution >= 0.6 is 23.5 Å². The summed E-state index contributed by atoms with van der Waals surface area (Å²) in [4.78, 5) is 4.46. The van der Waals surface area contributed by atoms with Gasteiger partial charge in [-0.15, -0.1) is 0 Å². The zero-order chi connectivity index (χ0) is 13.0. The smallest absolute Gasteiger partial charge is 0.109 e. The van der Waals surface area contributed by atoms with Crippen molar-refractivity contribution in [3.8, 4) is 0 Å².